The second-order valence-corrected chi connectivity index (χ2v) is 14.3. The molecule has 0 radical (unpaired) electrons. The van der Waals surface area contributed by atoms with Crippen molar-refractivity contribution in [3.8, 4) is 17.2 Å². The van der Waals surface area contributed by atoms with Crippen molar-refractivity contribution >= 4 is 109 Å². The van der Waals surface area contributed by atoms with Crippen molar-refractivity contribution in [1.82, 2.24) is 0 Å². The van der Waals surface area contributed by atoms with Crippen LogP contribution in [-0.2, 0) is 0 Å². The summed E-state index contributed by atoms with van der Waals surface area (Å²) >= 11 is 8.06. The van der Waals surface area contributed by atoms with Gasteiger partial charge in [0.1, 0.15) is 0 Å². The van der Waals surface area contributed by atoms with Gasteiger partial charge in [0.25, 0.3) is 0 Å². The largest absolute Gasteiger partial charge is 0.310 e. The number of rotatable bonds is 6. The molecular weight excluding hydrogens is 737 g/mol. The summed E-state index contributed by atoms with van der Waals surface area (Å²) in [6.45, 7) is 0. The Morgan fingerprint density at radius 3 is 1.61 bits per heavy atom. The van der Waals surface area contributed by atoms with E-state index in [1.165, 1.54) is 5.39 Å². The molecule has 0 amide bonds. The molecule has 2 aliphatic rings. The fourth-order valence-electron chi connectivity index (χ4n) is 7.52. The molecule has 7 aromatic rings. The van der Waals surface area contributed by atoms with Crippen LogP contribution in [0.15, 0.2) is 179 Å². The van der Waals surface area contributed by atoms with Crippen LogP contribution in [0.3, 0.4) is 0 Å². The molecule has 0 aromatic heterocycles. The molecule has 0 saturated heterocycles. The van der Waals surface area contributed by atoms with Crippen LogP contribution in [0.4, 0.5) is 17.1 Å². The summed E-state index contributed by atoms with van der Waals surface area (Å²) in [6.07, 6.45) is 11.1. The van der Waals surface area contributed by atoms with Gasteiger partial charge in [-0.05, 0) is 176 Å². The summed E-state index contributed by atoms with van der Waals surface area (Å²) in [7, 11) is 0. The maximum absolute atomic E-state index is 9.36. The van der Waals surface area contributed by atoms with Crippen LogP contribution in [0.2, 0.25) is 0 Å². The van der Waals surface area contributed by atoms with Crippen molar-refractivity contribution < 1.29 is 0 Å². The first-order chi connectivity index (χ1) is 27.9. The highest BCUT2D eigenvalue weighted by Gasteiger charge is 2.17. The maximum atomic E-state index is 9.36. The quantitative estimate of drug-likeness (QED) is 0.0769. The molecule has 0 spiro atoms. The SMILES string of the molecule is N#Cc1ccc2c(ccc3cc(-c4ccc5cc(N(c6ccc(C7=CC(=N)/C(=N\S)C=C7)cc6)c6ccc(C7=C/C(=N/S)C(=N)C=C7)cc6)ccc5c4)ccc32)c1. The number of nitrogens with one attached hydrogen (secondary N) is 2. The summed E-state index contributed by atoms with van der Waals surface area (Å²) in [6, 6.07) is 48.9. The first-order valence-corrected chi connectivity index (χ1v) is 19.0. The molecular formula is C49H32N6S2. The highest BCUT2D eigenvalue weighted by Crippen LogP contribution is 2.39. The number of allylic oxidation sites excluding steroid dienone is 8. The minimum absolute atomic E-state index is 0.324. The smallest absolute Gasteiger partial charge is 0.0991 e. The van der Waals surface area contributed by atoms with Crippen LogP contribution in [0.1, 0.15) is 16.7 Å². The molecule has 6 nitrogen and oxygen atoms in total. The van der Waals surface area contributed by atoms with Gasteiger partial charge in [-0.25, -0.2) is 8.80 Å². The average Bonchev–Trinajstić information content (AvgIpc) is 3.26. The van der Waals surface area contributed by atoms with Gasteiger partial charge in [-0.2, -0.15) is 5.26 Å². The van der Waals surface area contributed by atoms with E-state index in [0.717, 1.165) is 77.4 Å². The fourth-order valence-corrected chi connectivity index (χ4v) is 7.86. The fraction of sp³-hybridized carbons (Fsp3) is 0. The van der Waals surface area contributed by atoms with Gasteiger partial charge in [-0.15, -0.1) is 0 Å². The van der Waals surface area contributed by atoms with Crippen molar-refractivity contribution in [1.29, 1.82) is 16.1 Å². The monoisotopic (exact) mass is 768 g/mol. The number of nitrogens with zero attached hydrogens (tertiary/aromatic N) is 4. The van der Waals surface area contributed by atoms with Gasteiger partial charge < -0.3 is 4.90 Å². The van der Waals surface area contributed by atoms with Gasteiger partial charge in [0, 0.05) is 17.1 Å². The lowest BCUT2D eigenvalue weighted by atomic mass is 9.95. The lowest BCUT2D eigenvalue weighted by molar-refractivity contribution is 1.28. The normalized spacial score (nSPS) is 15.4. The van der Waals surface area contributed by atoms with Crippen LogP contribution < -0.4 is 4.90 Å². The van der Waals surface area contributed by atoms with E-state index < -0.39 is 0 Å². The number of hydrogen-bond acceptors (Lipinski definition) is 8. The van der Waals surface area contributed by atoms with E-state index >= 15 is 0 Å². The molecule has 0 saturated carbocycles. The molecule has 9 rings (SSSR count). The predicted octanol–water partition coefficient (Wildman–Crippen LogP) is 12.7. The minimum atomic E-state index is 0.324. The Morgan fingerprint density at radius 1 is 0.456 bits per heavy atom. The number of benzene rings is 7. The number of hydrogen-bond donors (Lipinski definition) is 4. The predicted molar refractivity (Wildman–Crippen MR) is 246 cm³/mol. The van der Waals surface area contributed by atoms with E-state index in [1.54, 1.807) is 6.08 Å². The standard InChI is InChI=1S/C49H32N6S2/c50-29-30-1-19-44-39(23-30)4-5-40-25-35(11-20-45(40)44)33-2-3-36-26-43(18-10-34(36)24-33)55(41-14-6-31(7-15-41)37-13-22-48(53-56)47(52)27-37)42-16-8-32(9-17-42)38-12-21-46(51)49(28-38)54-57/h1-28,51-52,56-57H/b51-46?,52-47?,53-48-,54-49-. The number of nitriles is 1. The molecule has 8 heteroatoms. The lowest BCUT2D eigenvalue weighted by Crippen LogP contribution is -2.12. The highest BCUT2D eigenvalue weighted by atomic mass is 32.1. The molecule has 0 heterocycles. The van der Waals surface area contributed by atoms with Crippen LogP contribution in [0.25, 0.3) is 54.6 Å². The van der Waals surface area contributed by atoms with E-state index in [9.17, 15) is 5.26 Å². The Balaban J connectivity index is 1.07. The third kappa shape index (κ3) is 6.80. The Bertz CT molecular complexity index is 3070. The Labute approximate surface area is 341 Å². The van der Waals surface area contributed by atoms with Gasteiger partial charge in [-0.1, -0.05) is 84.9 Å². The molecule has 270 valence electrons. The van der Waals surface area contributed by atoms with Gasteiger partial charge in [0.2, 0.25) is 0 Å². The number of anilines is 3. The highest BCUT2D eigenvalue weighted by molar-refractivity contribution is 7.79. The van der Waals surface area contributed by atoms with E-state index in [4.69, 9.17) is 10.8 Å². The van der Waals surface area contributed by atoms with Gasteiger partial charge in [-0.3, -0.25) is 10.8 Å². The summed E-state index contributed by atoms with van der Waals surface area (Å²) in [5.74, 6) is 0. The molecule has 0 fully saturated rings. The van der Waals surface area contributed by atoms with E-state index in [0.29, 0.717) is 28.4 Å². The lowest BCUT2D eigenvalue weighted by Gasteiger charge is -2.26. The van der Waals surface area contributed by atoms with Crippen LogP contribution in [0, 0.1) is 22.1 Å². The summed E-state index contributed by atoms with van der Waals surface area (Å²) in [5, 5.41) is 32.6. The van der Waals surface area contributed by atoms with Gasteiger partial charge >= 0.3 is 0 Å². The zero-order valence-electron chi connectivity index (χ0n) is 30.3. The Morgan fingerprint density at radius 2 is 0.965 bits per heavy atom. The average molecular weight is 769 g/mol. The van der Waals surface area contributed by atoms with Crippen molar-refractivity contribution in [2.75, 3.05) is 4.90 Å². The Kier molecular flexibility index (Phi) is 9.31. The van der Waals surface area contributed by atoms with Crippen LogP contribution >= 0.6 is 25.6 Å². The molecule has 57 heavy (non-hydrogen) atoms. The van der Waals surface area contributed by atoms with E-state index in [2.05, 4.69) is 161 Å². The van der Waals surface area contributed by atoms with Crippen LogP contribution in [-0.4, -0.2) is 22.8 Å². The second kappa shape index (κ2) is 14.9. The van der Waals surface area contributed by atoms with Crippen molar-refractivity contribution in [3.63, 3.8) is 0 Å². The zero-order valence-corrected chi connectivity index (χ0v) is 32.1. The third-order valence-corrected chi connectivity index (χ3v) is 10.9. The zero-order chi connectivity index (χ0) is 39.0. The molecule has 0 atom stereocenters. The van der Waals surface area contributed by atoms with E-state index in [-0.39, 0.29) is 0 Å². The first kappa shape index (κ1) is 35.6. The number of fused-ring (bicyclic) bond motifs is 4. The maximum Gasteiger partial charge on any atom is 0.0991 e. The summed E-state index contributed by atoms with van der Waals surface area (Å²) in [4.78, 5) is 2.24. The molecule has 0 unspecified atom stereocenters. The Hall–Kier alpha value is -7.05. The van der Waals surface area contributed by atoms with Gasteiger partial charge in [0.15, 0.2) is 0 Å². The topological polar surface area (TPSA) is 99.4 Å². The molecule has 7 aromatic carbocycles. The summed E-state index contributed by atoms with van der Waals surface area (Å²) < 4.78 is 7.86. The van der Waals surface area contributed by atoms with Crippen molar-refractivity contribution in [3.05, 3.63) is 187 Å². The summed E-state index contributed by atoms with van der Waals surface area (Å²) in [5.41, 5.74) is 11.5. The van der Waals surface area contributed by atoms with Gasteiger partial charge in [0.05, 0.1) is 34.5 Å². The van der Waals surface area contributed by atoms with Crippen molar-refractivity contribution in [2.24, 2.45) is 8.80 Å². The second-order valence-electron chi connectivity index (χ2n) is 13.9. The molecule has 0 bridgehead atoms. The minimum Gasteiger partial charge on any atom is -0.310 e. The van der Waals surface area contributed by atoms with E-state index in [1.807, 2.05) is 48.6 Å². The first-order valence-electron chi connectivity index (χ1n) is 18.2. The molecule has 2 N–H and O–H groups in total. The van der Waals surface area contributed by atoms with Crippen LogP contribution in [0.5, 0.6) is 0 Å². The molecule has 0 aliphatic heterocycles. The van der Waals surface area contributed by atoms with Crippen molar-refractivity contribution in [2.45, 2.75) is 0 Å². The molecule has 2 aliphatic carbocycles. The third-order valence-electron chi connectivity index (χ3n) is 10.5. The number of thiol groups is 2.